The van der Waals surface area contributed by atoms with E-state index in [-0.39, 0.29) is 22.5 Å². The molecule has 2 heterocycles. The van der Waals surface area contributed by atoms with Gasteiger partial charge in [0, 0.05) is 44.2 Å². The van der Waals surface area contributed by atoms with Gasteiger partial charge in [0.2, 0.25) is 0 Å². The monoisotopic (exact) mass is 475 g/mol. The number of halogens is 4. The second kappa shape index (κ2) is 9.04. The summed E-state index contributed by atoms with van der Waals surface area (Å²) in [6.07, 6.45) is -2.07. The number of nitrogens with zero attached hydrogens (tertiary/aromatic N) is 3. The van der Waals surface area contributed by atoms with Crippen LogP contribution in [0.2, 0.25) is 5.02 Å². The molecule has 1 aliphatic rings. The van der Waals surface area contributed by atoms with E-state index in [1.807, 2.05) is 0 Å². The highest BCUT2D eigenvalue weighted by Gasteiger charge is 2.32. The van der Waals surface area contributed by atoms with Gasteiger partial charge in [0.1, 0.15) is 5.82 Å². The van der Waals surface area contributed by atoms with Gasteiger partial charge >= 0.3 is 6.18 Å². The molecule has 1 fully saturated rings. The summed E-state index contributed by atoms with van der Waals surface area (Å²) < 4.78 is 61.6. The molecule has 1 aromatic heterocycles. The van der Waals surface area contributed by atoms with Crippen molar-refractivity contribution in [1.29, 1.82) is 0 Å². The molecule has 0 atom stereocenters. The van der Waals surface area contributed by atoms with Gasteiger partial charge in [-0.05, 0) is 30.2 Å². The van der Waals surface area contributed by atoms with Crippen LogP contribution in [0.4, 0.5) is 19.0 Å². The van der Waals surface area contributed by atoms with E-state index >= 15 is 0 Å². The maximum atomic E-state index is 12.9. The van der Waals surface area contributed by atoms with Crippen LogP contribution in [0.25, 0.3) is 0 Å². The number of benzene rings is 1. The van der Waals surface area contributed by atoms with Crippen molar-refractivity contribution in [2.75, 3.05) is 37.3 Å². The first-order chi connectivity index (χ1) is 14.4. The Balaban J connectivity index is 1.72. The third-order valence-corrected chi connectivity index (χ3v) is 5.97. The van der Waals surface area contributed by atoms with Crippen molar-refractivity contribution >= 4 is 33.2 Å². The molecule has 6 nitrogen and oxygen atoms in total. The van der Waals surface area contributed by atoms with Gasteiger partial charge in [0.25, 0.3) is 5.91 Å². The van der Waals surface area contributed by atoms with Crippen LogP contribution in [-0.4, -0.2) is 56.6 Å². The molecular weight excluding hydrogens is 455 g/mol. The number of hydrogen-bond donors (Lipinski definition) is 0. The Hall–Kier alpha value is -2.33. The molecule has 168 valence electrons. The lowest BCUT2D eigenvalue weighted by Gasteiger charge is -2.24. The number of anilines is 1. The zero-order valence-electron chi connectivity index (χ0n) is 16.7. The smallest absolute Gasteiger partial charge is 0.354 e. The maximum absolute atomic E-state index is 12.9. The van der Waals surface area contributed by atoms with E-state index in [4.69, 9.17) is 11.6 Å². The first-order valence-corrected chi connectivity index (χ1v) is 11.9. The van der Waals surface area contributed by atoms with Crippen molar-refractivity contribution in [2.24, 2.45) is 0 Å². The summed E-state index contributed by atoms with van der Waals surface area (Å²) in [5.41, 5.74) is 0.00711. The Morgan fingerprint density at radius 2 is 1.90 bits per heavy atom. The largest absolute Gasteiger partial charge is 0.417 e. The molecule has 0 radical (unpaired) electrons. The molecule has 0 N–H and O–H groups in total. The second-order valence-electron chi connectivity index (χ2n) is 7.43. The quantitative estimate of drug-likeness (QED) is 0.675. The lowest BCUT2D eigenvalue weighted by atomic mass is 10.1. The number of aromatic nitrogens is 1. The lowest BCUT2D eigenvalue weighted by molar-refractivity contribution is -0.137. The van der Waals surface area contributed by atoms with Crippen molar-refractivity contribution in [3.63, 3.8) is 0 Å². The van der Waals surface area contributed by atoms with Gasteiger partial charge in [-0.25, -0.2) is 13.4 Å². The Morgan fingerprint density at radius 1 is 1.16 bits per heavy atom. The lowest BCUT2D eigenvalue weighted by Crippen LogP contribution is -2.35. The summed E-state index contributed by atoms with van der Waals surface area (Å²) in [4.78, 5) is 20.2. The predicted molar refractivity (Wildman–Crippen MR) is 112 cm³/mol. The Labute approximate surface area is 183 Å². The number of carbonyl (C=O) groups is 1. The van der Waals surface area contributed by atoms with Crippen LogP contribution in [0.3, 0.4) is 0 Å². The van der Waals surface area contributed by atoms with Crippen molar-refractivity contribution in [3.05, 3.63) is 58.2 Å². The molecule has 0 bridgehead atoms. The maximum Gasteiger partial charge on any atom is 0.417 e. The van der Waals surface area contributed by atoms with Crippen LogP contribution in [0.1, 0.15) is 27.9 Å². The van der Waals surface area contributed by atoms with E-state index < -0.39 is 21.6 Å². The zero-order valence-corrected chi connectivity index (χ0v) is 18.3. The fourth-order valence-corrected chi connectivity index (χ4v) is 4.50. The highest BCUT2D eigenvalue weighted by Crippen LogP contribution is 2.33. The molecule has 2 aromatic rings. The number of amides is 1. The van der Waals surface area contributed by atoms with Crippen LogP contribution in [0.5, 0.6) is 0 Å². The molecule has 3 rings (SSSR count). The van der Waals surface area contributed by atoms with Crippen molar-refractivity contribution < 1.29 is 26.4 Å². The summed E-state index contributed by atoms with van der Waals surface area (Å²) >= 11 is 6.05. The minimum absolute atomic E-state index is 0.0944. The second-order valence-corrected chi connectivity index (χ2v) is 9.98. The van der Waals surface area contributed by atoms with Crippen LogP contribution < -0.4 is 4.90 Å². The van der Waals surface area contributed by atoms with Crippen LogP contribution in [0.15, 0.2) is 36.5 Å². The van der Waals surface area contributed by atoms with Crippen molar-refractivity contribution in [3.8, 4) is 0 Å². The molecule has 1 aliphatic heterocycles. The molecule has 1 aromatic carbocycles. The fourth-order valence-electron chi connectivity index (χ4n) is 3.43. The van der Waals surface area contributed by atoms with Gasteiger partial charge in [-0.2, -0.15) is 13.2 Å². The topological polar surface area (TPSA) is 70.6 Å². The van der Waals surface area contributed by atoms with E-state index in [2.05, 4.69) is 4.98 Å². The summed E-state index contributed by atoms with van der Waals surface area (Å²) in [6.45, 7) is 1.61. The fraction of sp³-hybridized carbons (Fsp3) is 0.400. The minimum atomic E-state index is -4.52. The van der Waals surface area contributed by atoms with E-state index in [0.29, 0.717) is 43.7 Å². The summed E-state index contributed by atoms with van der Waals surface area (Å²) in [7, 11) is -3.23. The molecule has 1 amide bonds. The van der Waals surface area contributed by atoms with Crippen LogP contribution in [-0.2, 0) is 21.8 Å². The van der Waals surface area contributed by atoms with Gasteiger partial charge in [-0.3, -0.25) is 4.79 Å². The first-order valence-electron chi connectivity index (χ1n) is 9.48. The van der Waals surface area contributed by atoms with E-state index in [1.54, 1.807) is 34.1 Å². The predicted octanol–water partition coefficient (Wildman–Crippen LogP) is 3.65. The van der Waals surface area contributed by atoms with E-state index in [9.17, 15) is 26.4 Å². The van der Waals surface area contributed by atoms with Gasteiger partial charge in [-0.15, -0.1) is 0 Å². The number of rotatable bonds is 4. The highest BCUT2D eigenvalue weighted by atomic mass is 35.5. The van der Waals surface area contributed by atoms with Gasteiger partial charge in [-0.1, -0.05) is 23.7 Å². The Bertz CT molecular complexity index is 1080. The van der Waals surface area contributed by atoms with Crippen LogP contribution in [0, 0.1) is 0 Å². The minimum Gasteiger partial charge on any atom is -0.354 e. The summed E-state index contributed by atoms with van der Waals surface area (Å²) in [5.74, 6) is -0.136. The van der Waals surface area contributed by atoms with E-state index in [0.717, 1.165) is 18.5 Å². The molecular formula is C20H21ClF3N3O3S. The van der Waals surface area contributed by atoms with Crippen molar-refractivity contribution in [2.45, 2.75) is 18.3 Å². The number of pyridine rings is 1. The van der Waals surface area contributed by atoms with E-state index in [1.165, 1.54) is 0 Å². The van der Waals surface area contributed by atoms with Crippen molar-refractivity contribution in [1.82, 2.24) is 9.88 Å². The molecule has 11 heteroatoms. The Morgan fingerprint density at radius 3 is 2.55 bits per heavy atom. The SMILES string of the molecule is CS(=O)(=O)Cc1cccc(C(=O)N2CCCN(c3ncc(C(F)(F)F)cc3Cl)CC2)c1. The first kappa shape index (κ1) is 23.3. The third-order valence-electron chi connectivity index (χ3n) is 4.83. The molecule has 1 saturated heterocycles. The molecule has 0 unspecified atom stereocenters. The summed E-state index contributed by atoms with van der Waals surface area (Å²) in [5, 5.41) is -0.0944. The Kier molecular flexibility index (Phi) is 6.80. The van der Waals surface area contributed by atoms with Gasteiger partial charge < -0.3 is 9.80 Å². The highest BCUT2D eigenvalue weighted by molar-refractivity contribution is 7.89. The van der Waals surface area contributed by atoms with Gasteiger partial charge in [0.05, 0.1) is 16.3 Å². The average Bonchev–Trinajstić information content (AvgIpc) is 2.91. The molecule has 31 heavy (non-hydrogen) atoms. The van der Waals surface area contributed by atoms with Gasteiger partial charge in [0.15, 0.2) is 9.84 Å². The summed E-state index contributed by atoms with van der Waals surface area (Å²) in [6, 6.07) is 7.35. The normalized spacial score (nSPS) is 15.6. The third kappa shape index (κ3) is 6.10. The molecule has 0 saturated carbocycles. The number of alkyl halides is 3. The average molecular weight is 476 g/mol. The number of sulfone groups is 1. The van der Waals surface area contributed by atoms with Crippen LogP contribution >= 0.6 is 11.6 Å². The standard InChI is InChI=1S/C20H21ClF3N3O3S/c1-31(29,30)13-14-4-2-5-15(10-14)19(28)27-7-3-6-26(8-9-27)18-17(21)11-16(12-25-18)20(22,23)24/h2,4-5,10-12H,3,6-9,13H2,1H3. The zero-order chi connectivity index (χ0) is 22.8. The number of carbonyl (C=O) groups excluding carboxylic acids is 1. The molecule has 0 aliphatic carbocycles. The molecule has 0 spiro atoms. The number of hydrogen-bond acceptors (Lipinski definition) is 5.